The minimum Gasteiger partial charge on any atom is -0.490 e. The Morgan fingerprint density at radius 1 is 1.38 bits per heavy atom. The number of carboxylic acid groups (broad SMARTS) is 1. The van der Waals surface area contributed by atoms with E-state index in [1.165, 1.54) is 6.92 Å². The van der Waals surface area contributed by atoms with Gasteiger partial charge in [0.2, 0.25) is 5.91 Å². The van der Waals surface area contributed by atoms with Gasteiger partial charge in [0.1, 0.15) is 0 Å². The number of nitrogens with one attached hydrogen (secondary N) is 1. The zero-order chi connectivity index (χ0) is 19.3. The zero-order valence-electron chi connectivity index (χ0n) is 13.9. The molecule has 0 radical (unpaired) electrons. The van der Waals surface area contributed by atoms with E-state index < -0.39 is 18.5 Å². The number of halogens is 1. The number of ether oxygens (including phenoxy) is 2. The van der Waals surface area contributed by atoms with Gasteiger partial charge in [-0.2, -0.15) is 4.99 Å². The van der Waals surface area contributed by atoms with Gasteiger partial charge in [0.25, 0.3) is 5.91 Å². The van der Waals surface area contributed by atoms with Crippen LogP contribution in [0.5, 0.6) is 11.5 Å². The van der Waals surface area contributed by atoms with Crippen LogP contribution >= 0.6 is 27.7 Å². The molecule has 138 valence electrons. The van der Waals surface area contributed by atoms with Gasteiger partial charge < -0.3 is 19.9 Å². The lowest BCUT2D eigenvalue weighted by Crippen LogP contribution is -2.23. The Morgan fingerprint density at radius 3 is 2.73 bits per heavy atom. The van der Waals surface area contributed by atoms with Gasteiger partial charge in [-0.3, -0.25) is 9.59 Å². The second-order valence-electron chi connectivity index (χ2n) is 4.96. The van der Waals surface area contributed by atoms with Gasteiger partial charge in [0.15, 0.2) is 23.3 Å². The number of thioether (sulfide) groups is 1. The van der Waals surface area contributed by atoms with Crippen LogP contribution in [0, 0.1) is 0 Å². The predicted octanol–water partition coefficient (Wildman–Crippen LogP) is 2.42. The molecule has 0 spiro atoms. The minimum atomic E-state index is -1.11. The van der Waals surface area contributed by atoms with Crippen molar-refractivity contribution in [2.45, 2.75) is 13.8 Å². The standard InChI is InChI=1S/C16H15BrN2O6S/c1-3-24-11-5-9(4-10(17)14(11)25-7-13(21)22)6-12-15(23)19-16(26-12)18-8(2)20/h4-6H,3,7H2,1-2H3,(H,21,22)(H,18,19,20,23)/b12-6+. The summed E-state index contributed by atoms with van der Waals surface area (Å²) in [5.41, 5.74) is 0.623. The highest BCUT2D eigenvalue weighted by atomic mass is 79.9. The normalized spacial score (nSPS) is 15.0. The fourth-order valence-electron chi connectivity index (χ4n) is 1.97. The third kappa shape index (κ3) is 5.33. The molecule has 10 heteroatoms. The van der Waals surface area contributed by atoms with Crippen LogP contribution in [0.15, 0.2) is 26.5 Å². The van der Waals surface area contributed by atoms with E-state index in [0.29, 0.717) is 27.3 Å². The molecule has 8 nitrogen and oxygen atoms in total. The van der Waals surface area contributed by atoms with Crippen molar-refractivity contribution >= 4 is 56.7 Å². The van der Waals surface area contributed by atoms with Crippen LogP contribution in [0.1, 0.15) is 19.4 Å². The summed E-state index contributed by atoms with van der Waals surface area (Å²) in [4.78, 5) is 37.8. The predicted molar refractivity (Wildman–Crippen MR) is 100 cm³/mol. The molecule has 0 aliphatic carbocycles. The monoisotopic (exact) mass is 442 g/mol. The second kappa shape index (κ2) is 8.86. The molecule has 1 aliphatic rings. The van der Waals surface area contributed by atoms with Crippen molar-refractivity contribution in [3.05, 3.63) is 27.1 Å². The highest BCUT2D eigenvalue weighted by Crippen LogP contribution is 2.38. The lowest BCUT2D eigenvalue weighted by molar-refractivity contribution is -0.139. The molecule has 0 fully saturated rings. The lowest BCUT2D eigenvalue weighted by atomic mass is 10.2. The molecular formula is C16H15BrN2O6S. The number of benzene rings is 1. The summed E-state index contributed by atoms with van der Waals surface area (Å²) in [7, 11) is 0. The number of carbonyl (C=O) groups is 3. The Bertz CT molecular complexity index is 821. The maximum absolute atomic E-state index is 11.9. The first-order valence-corrected chi connectivity index (χ1v) is 9.02. The van der Waals surface area contributed by atoms with Gasteiger partial charge in [-0.25, -0.2) is 4.79 Å². The van der Waals surface area contributed by atoms with Gasteiger partial charge >= 0.3 is 5.97 Å². The van der Waals surface area contributed by atoms with E-state index in [4.69, 9.17) is 14.6 Å². The summed E-state index contributed by atoms with van der Waals surface area (Å²) in [5.74, 6) is -1.28. The summed E-state index contributed by atoms with van der Waals surface area (Å²) in [6.45, 7) is 2.95. The number of aliphatic carboxylic acids is 1. The topological polar surface area (TPSA) is 114 Å². The molecule has 1 heterocycles. The van der Waals surface area contributed by atoms with E-state index in [0.717, 1.165) is 11.8 Å². The van der Waals surface area contributed by atoms with E-state index in [1.54, 1.807) is 25.1 Å². The molecule has 0 saturated heterocycles. The zero-order valence-corrected chi connectivity index (χ0v) is 16.3. The van der Waals surface area contributed by atoms with Crippen molar-refractivity contribution in [3.63, 3.8) is 0 Å². The molecule has 26 heavy (non-hydrogen) atoms. The van der Waals surface area contributed by atoms with Crippen LogP contribution in [0.25, 0.3) is 6.08 Å². The molecule has 0 atom stereocenters. The molecule has 1 aromatic carbocycles. The number of rotatable bonds is 6. The lowest BCUT2D eigenvalue weighted by Gasteiger charge is -2.13. The Labute approximate surface area is 161 Å². The Hall–Kier alpha value is -2.33. The molecule has 2 N–H and O–H groups in total. The van der Waals surface area contributed by atoms with Crippen molar-refractivity contribution in [1.29, 1.82) is 0 Å². The van der Waals surface area contributed by atoms with E-state index in [9.17, 15) is 14.4 Å². The van der Waals surface area contributed by atoms with Gasteiger partial charge in [-0.1, -0.05) is 0 Å². The van der Waals surface area contributed by atoms with Crippen molar-refractivity contribution in [2.24, 2.45) is 4.99 Å². The molecular weight excluding hydrogens is 428 g/mol. The highest BCUT2D eigenvalue weighted by molar-refractivity contribution is 9.10. The van der Waals surface area contributed by atoms with Gasteiger partial charge in [0.05, 0.1) is 16.0 Å². The number of amidine groups is 1. The van der Waals surface area contributed by atoms with Crippen molar-refractivity contribution in [1.82, 2.24) is 5.32 Å². The Morgan fingerprint density at radius 2 is 2.12 bits per heavy atom. The number of hydrogen-bond donors (Lipinski definition) is 2. The van der Waals surface area contributed by atoms with E-state index in [-0.39, 0.29) is 16.8 Å². The first-order valence-electron chi connectivity index (χ1n) is 7.41. The molecule has 0 bridgehead atoms. The smallest absolute Gasteiger partial charge is 0.341 e. The van der Waals surface area contributed by atoms with Crippen LogP contribution in [0.4, 0.5) is 0 Å². The number of amides is 2. The van der Waals surface area contributed by atoms with E-state index in [2.05, 4.69) is 26.2 Å². The maximum Gasteiger partial charge on any atom is 0.341 e. The number of carboxylic acids is 1. The van der Waals surface area contributed by atoms with Crippen LogP contribution in [0.2, 0.25) is 0 Å². The summed E-state index contributed by atoms with van der Waals surface area (Å²) in [6, 6.07) is 3.29. The Kier molecular flexibility index (Phi) is 6.81. The van der Waals surface area contributed by atoms with Crippen LogP contribution in [-0.4, -0.2) is 41.3 Å². The molecule has 1 aliphatic heterocycles. The number of carbonyl (C=O) groups excluding carboxylic acids is 2. The molecule has 1 aromatic rings. The average molecular weight is 443 g/mol. The fourth-order valence-corrected chi connectivity index (χ4v) is 3.41. The molecule has 0 saturated carbocycles. The largest absolute Gasteiger partial charge is 0.490 e. The van der Waals surface area contributed by atoms with Crippen LogP contribution in [-0.2, 0) is 14.4 Å². The van der Waals surface area contributed by atoms with Crippen molar-refractivity contribution in [2.75, 3.05) is 13.2 Å². The molecule has 2 rings (SSSR count). The van der Waals surface area contributed by atoms with E-state index in [1.807, 2.05) is 0 Å². The molecule has 0 aromatic heterocycles. The maximum atomic E-state index is 11.9. The SMILES string of the molecule is CCOc1cc(/C=C2/SC(NC(C)=O)=NC2=O)cc(Br)c1OCC(=O)O. The Balaban J connectivity index is 2.29. The number of aliphatic imine (C=N–C) groups is 1. The van der Waals surface area contributed by atoms with Crippen LogP contribution in [0.3, 0.4) is 0 Å². The quantitative estimate of drug-likeness (QED) is 0.649. The van der Waals surface area contributed by atoms with Crippen LogP contribution < -0.4 is 14.8 Å². The minimum absolute atomic E-state index is 0.222. The first kappa shape index (κ1) is 20.0. The average Bonchev–Trinajstić information content (AvgIpc) is 2.85. The number of hydrogen-bond acceptors (Lipinski definition) is 6. The third-order valence-electron chi connectivity index (χ3n) is 2.87. The summed E-state index contributed by atoms with van der Waals surface area (Å²) in [6.07, 6.45) is 1.60. The molecule has 0 unspecified atom stereocenters. The summed E-state index contributed by atoms with van der Waals surface area (Å²) in [5, 5.41) is 11.5. The summed E-state index contributed by atoms with van der Waals surface area (Å²) < 4.78 is 11.2. The fraction of sp³-hybridized carbons (Fsp3) is 0.250. The second-order valence-corrected chi connectivity index (χ2v) is 6.84. The van der Waals surface area contributed by atoms with Crippen molar-refractivity contribution in [3.8, 4) is 11.5 Å². The van der Waals surface area contributed by atoms with Gasteiger partial charge in [0, 0.05) is 6.92 Å². The van der Waals surface area contributed by atoms with Gasteiger partial charge in [-0.05, 0) is 58.4 Å². The third-order valence-corrected chi connectivity index (χ3v) is 4.36. The van der Waals surface area contributed by atoms with E-state index >= 15 is 0 Å². The highest BCUT2D eigenvalue weighted by Gasteiger charge is 2.23. The number of nitrogens with zero attached hydrogens (tertiary/aromatic N) is 1. The summed E-state index contributed by atoms with van der Waals surface area (Å²) >= 11 is 4.37. The van der Waals surface area contributed by atoms with Gasteiger partial charge in [-0.15, -0.1) is 0 Å². The molecule has 2 amide bonds. The first-order chi connectivity index (χ1) is 12.3. The van der Waals surface area contributed by atoms with Crippen molar-refractivity contribution < 1.29 is 29.0 Å².